The van der Waals surface area contributed by atoms with Crippen molar-refractivity contribution in [1.29, 1.82) is 0 Å². The van der Waals surface area contributed by atoms with Crippen LogP contribution in [-0.4, -0.2) is 19.1 Å². The van der Waals surface area contributed by atoms with E-state index in [4.69, 9.17) is 0 Å². The van der Waals surface area contributed by atoms with Crippen molar-refractivity contribution < 1.29 is 0 Å². The van der Waals surface area contributed by atoms with Gasteiger partial charge >= 0.3 is 0 Å². The first kappa shape index (κ1) is 15.2. The van der Waals surface area contributed by atoms with Crippen molar-refractivity contribution in [2.24, 2.45) is 5.92 Å². The van der Waals surface area contributed by atoms with Gasteiger partial charge in [0.15, 0.2) is 0 Å². The molecule has 0 aliphatic carbocycles. The second-order valence-corrected chi connectivity index (χ2v) is 5.70. The van der Waals surface area contributed by atoms with Gasteiger partial charge in [0.2, 0.25) is 0 Å². The minimum atomic E-state index is 0.574. The zero-order valence-electron chi connectivity index (χ0n) is 12.3. The average molecular weight is 248 g/mol. The SMILES string of the molecule is CC(C)CNCc1ccc(CCNC(C)C)cc1. The van der Waals surface area contributed by atoms with Gasteiger partial charge in [0.1, 0.15) is 0 Å². The Morgan fingerprint density at radius 2 is 1.56 bits per heavy atom. The van der Waals surface area contributed by atoms with E-state index in [1.54, 1.807) is 0 Å². The summed E-state index contributed by atoms with van der Waals surface area (Å²) in [4.78, 5) is 0. The van der Waals surface area contributed by atoms with Crippen molar-refractivity contribution in [1.82, 2.24) is 10.6 Å². The summed E-state index contributed by atoms with van der Waals surface area (Å²) in [7, 11) is 0. The van der Waals surface area contributed by atoms with Crippen molar-refractivity contribution in [3.8, 4) is 0 Å². The molecule has 0 amide bonds. The lowest BCUT2D eigenvalue weighted by atomic mass is 10.1. The van der Waals surface area contributed by atoms with Crippen molar-refractivity contribution in [3.63, 3.8) is 0 Å². The van der Waals surface area contributed by atoms with Crippen LogP contribution >= 0.6 is 0 Å². The lowest BCUT2D eigenvalue weighted by molar-refractivity contribution is 0.552. The van der Waals surface area contributed by atoms with E-state index in [0.717, 1.165) is 26.1 Å². The van der Waals surface area contributed by atoms with Crippen LogP contribution in [-0.2, 0) is 13.0 Å². The van der Waals surface area contributed by atoms with Crippen molar-refractivity contribution in [2.45, 2.75) is 46.7 Å². The van der Waals surface area contributed by atoms with E-state index in [1.165, 1.54) is 11.1 Å². The van der Waals surface area contributed by atoms with Gasteiger partial charge in [0.25, 0.3) is 0 Å². The zero-order chi connectivity index (χ0) is 13.4. The van der Waals surface area contributed by atoms with Gasteiger partial charge in [-0.15, -0.1) is 0 Å². The first-order valence-electron chi connectivity index (χ1n) is 7.10. The summed E-state index contributed by atoms with van der Waals surface area (Å²) < 4.78 is 0. The number of hydrogen-bond acceptors (Lipinski definition) is 2. The van der Waals surface area contributed by atoms with Crippen LogP contribution in [0.5, 0.6) is 0 Å². The van der Waals surface area contributed by atoms with E-state index in [9.17, 15) is 0 Å². The van der Waals surface area contributed by atoms with Gasteiger partial charge in [-0.1, -0.05) is 52.0 Å². The van der Waals surface area contributed by atoms with Gasteiger partial charge in [-0.25, -0.2) is 0 Å². The largest absolute Gasteiger partial charge is 0.314 e. The average Bonchev–Trinajstić information content (AvgIpc) is 2.30. The third-order valence-electron chi connectivity index (χ3n) is 2.87. The second-order valence-electron chi connectivity index (χ2n) is 5.70. The predicted molar refractivity (Wildman–Crippen MR) is 79.8 cm³/mol. The van der Waals surface area contributed by atoms with E-state index in [1.807, 2.05) is 0 Å². The molecule has 0 unspecified atom stereocenters. The molecule has 0 aliphatic heterocycles. The minimum absolute atomic E-state index is 0.574. The molecule has 1 rings (SSSR count). The number of hydrogen-bond donors (Lipinski definition) is 2. The zero-order valence-corrected chi connectivity index (χ0v) is 12.3. The molecule has 0 saturated heterocycles. The highest BCUT2D eigenvalue weighted by Crippen LogP contribution is 2.05. The molecule has 2 N–H and O–H groups in total. The van der Waals surface area contributed by atoms with Crippen LogP contribution in [0.15, 0.2) is 24.3 Å². The van der Waals surface area contributed by atoms with Crippen molar-refractivity contribution in [2.75, 3.05) is 13.1 Å². The summed E-state index contributed by atoms with van der Waals surface area (Å²) in [6.07, 6.45) is 1.11. The molecule has 0 saturated carbocycles. The Labute approximate surface area is 112 Å². The summed E-state index contributed by atoms with van der Waals surface area (Å²) in [6.45, 7) is 12.0. The van der Waals surface area contributed by atoms with E-state index < -0.39 is 0 Å². The van der Waals surface area contributed by atoms with Crippen molar-refractivity contribution >= 4 is 0 Å². The molecule has 102 valence electrons. The maximum absolute atomic E-state index is 3.47. The fourth-order valence-electron chi connectivity index (χ4n) is 1.83. The normalized spacial score (nSPS) is 11.4. The molecule has 0 atom stereocenters. The maximum Gasteiger partial charge on any atom is 0.0205 e. The molecule has 18 heavy (non-hydrogen) atoms. The highest BCUT2D eigenvalue weighted by atomic mass is 14.9. The Balaban J connectivity index is 2.28. The highest BCUT2D eigenvalue weighted by Gasteiger charge is 1.97. The topological polar surface area (TPSA) is 24.1 Å². The Hall–Kier alpha value is -0.860. The lowest BCUT2D eigenvalue weighted by Crippen LogP contribution is -2.24. The van der Waals surface area contributed by atoms with Gasteiger partial charge in [0.05, 0.1) is 0 Å². The van der Waals surface area contributed by atoms with Gasteiger partial charge in [-0.05, 0) is 36.6 Å². The first-order chi connectivity index (χ1) is 8.58. The summed E-state index contributed by atoms with van der Waals surface area (Å²) in [6, 6.07) is 9.53. The molecule has 2 nitrogen and oxygen atoms in total. The lowest BCUT2D eigenvalue weighted by Gasteiger charge is -2.09. The highest BCUT2D eigenvalue weighted by molar-refractivity contribution is 5.22. The predicted octanol–water partition coefficient (Wildman–Crippen LogP) is 2.97. The van der Waals surface area contributed by atoms with Crippen LogP contribution in [0.2, 0.25) is 0 Å². The summed E-state index contributed by atoms with van der Waals surface area (Å²) in [5, 5.41) is 6.91. The Morgan fingerprint density at radius 1 is 0.944 bits per heavy atom. The van der Waals surface area contributed by atoms with E-state index in [-0.39, 0.29) is 0 Å². The van der Waals surface area contributed by atoms with Crippen molar-refractivity contribution in [3.05, 3.63) is 35.4 Å². The summed E-state index contributed by atoms with van der Waals surface area (Å²) in [5.41, 5.74) is 2.78. The van der Waals surface area contributed by atoms with E-state index in [2.05, 4.69) is 62.6 Å². The minimum Gasteiger partial charge on any atom is -0.314 e. The van der Waals surface area contributed by atoms with Crippen LogP contribution in [0, 0.1) is 5.92 Å². The number of rotatable bonds is 8. The van der Waals surface area contributed by atoms with Crippen LogP contribution < -0.4 is 10.6 Å². The number of benzene rings is 1. The molecular formula is C16H28N2. The van der Waals surface area contributed by atoms with Crippen LogP contribution in [0.3, 0.4) is 0 Å². The summed E-state index contributed by atoms with van der Waals surface area (Å²) >= 11 is 0. The molecule has 0 aromatic heterocycles. The molecule has 2 heteroatoms. The Bertz CT molecular complexity index is 281. The molecule has 0 bridgehead atoms. The molecule has 1 aromatic rings. The van der Waals surface area contributed by atoms with Gasteiger partial charge in [-0.2, -0.15) is 0 Å². The third-order valence-corrected chi connectivity index (χ3v) is 2.87. The number of nitrogens with one attached hydrogen (secondary N) is 2. The smallest absolute Gasteiger partial charge is 0.0205 e. The molecular weight excluding hydrogens is 220 g/mol. The van der Waals surface area contributed by atoms with Crippen LogP contribution in [0.4, 0.5) is 0 Å². The summed E-state index contributed by atoms with van der Waals surface area (Å²) in [5.74, 6) is 0.714. The second kappa shape index (κ2) is 8.28. The first-order valence-corrected chi connectivity index (χ1v) is 7.10. The maximum atomic E-state index is 3.47. The molecule has 0 fully saturated rings. The standard InChI is InChI=1S/C16H28N2/c1-13(2)11-17-12-16-7-5-15(6-8-16)9-10-18-14(3)4/h5-8,13-14,17-18H,9-12H2,1-4H3. The van der Waals surface area contributed by atoms with Gasteiger partial charge in [-0.3, -0.25) is 0 Å². The van der Waals surface area contributed by atoms with E-state index >= 15 is 0 Å². The molecule has 0 aliphatic rings. The fourth-order valence-corrected chi connectivity index (χ4v) is 1.83. The molecule has 0 radical (unpaired) electrons. The quantitative estimate of drug-likeness (QED) is 0.739. The van der Waals surface area contributed by atoms with E-state index in [0.29, 0.717) is 12.0 Å². The Morgan fingerprint density at radius 3 is 2.11 bits per heavy atom. The molecule has 0 spiro atoms. The Kier molecular flexibility index (Phi) is 6.99. The van der Waals surface area contributed by atoms with Gasteiger partial charge < -0.3 is 10.6 Å². The monoisotopic (exact) mass is 248 g/mol. The van der Waals surface area contributed by atoms with Gasteiger partial charge in [0, 0.05) is 12.6 Å². The van der Waals surface area contributed by atoms with Crippen LogP contribution in [0.25, 0.3) is 0 Å². The fraction of sp³-hybridized carbons (Fsp3) is 0.625. The van der Waals surface area contributed by atoms with Crippen LogP contribution in [0.1, 0.15) is 38.8 Å². The molecule has 0 heterocycles. The molecule has 1 aromatic carbocycles. The third kappa shape index (κ3) is 6.77.